The van der Waals surface area contributed by atoms with E-state index in [1.54, 1.807) is 48.5 Å². The van der Waals surface area contributed by atoms with Crippen molar-refractivity contribution in [1.29, 1.82) is 0 Å². The number of nitrogens with zero attached hydrogens (tertiary/aromatic N) is 2. The SMILES string of the molecule is O=Cc1nc2ccccc2c(=O)n1-c1ccccc1Cl. The summed E-state index contributed by atoms with van der Waals surface area (Å²) in [6.45, 7) is 0. The summed E-state index contributed by atoms with van der Waals surface area (Å²) in [7, 11) is 0. The highest BCUT2D eigenvalue weighted by Gasteiger charge is 2.13. The Bertz CT molecular complexity index is 871. The van der Waals surface area contributed by atoms with Crippen LogP contribution in [0.2, 0.25) is 5.02 Å². The molecule has 0 N–H and O–H groups in total. The first-order valence-electron chi connectivity index (χ1n) is 5.94. The summed E-state index contributed by atoms with van der Waals surface area (Å²) < 4.78 is 1.23. The standard InChI is InChI=1S/C15H9ClN2O2/c16-11-6-2-4-8-13(11)18-14(9-19)17-12-7-3-1-5-10(12)15(18)20/h1-9H. The first kappa shape index (κ1) is 12.6. The fourth-order valence-electron chi connectivity index (χ4n) is 2.09. The van der Waals surface area contributed by atoms with Crippen LogP contribution in [0.15, 0.2) is 53.3 Å². The van der Waals surface area contributed by atoms with Gasteiger partial charge in [-0.15, -0.1) is 0 Å². The van der Waals surface area contributed by atoms with Crippen LogP contribution in [0.25, 0.3) is 16.6 Å². The van der Waals surface area contributed by atoms with Crippen molar-refractivity contribution in [3.8, 4) is 5.69 Å². The number of halogens is 1. The molecule has 0 unspecified atom stereocenters. The smallest absolute Gasteiger partial charge is 0.266 e. The van der Waals surface area contributed by atoms with E-state index in [2.05, 4.69) is 4.98 Å². The summed E-state index contributed by atoms with van der Waals surface area (Å²) in [6.07, 6.45) is 0.553. The molecule has 0 fully saturated rings. The van der Waals surface area contributed by atoms with Crippen molar-refractivity contribution in [2.45, 2.75) is 0 Å². The maximum absolute atomic E-state index is 12.6. The van der Waals surface area contributed by atoms with Crippen LogP contribution in [0.5, 0.6) is 0 Å². The third kappa shape index (κ3) is 1.90. The second kappa shape index (κ2) is 4.90. The highest BCUT2D eigenvalue weighted by Crippen LogP contribution is 2.20. The molecule has 98 valence electrons. The van der Waals surface area contributed by atoms with Crippen LogP contribution in [-0.2, 0) is 0 Å². The summed E-state index contributed by atoms with van der Waals surface area (Å²) in [4.78, 5) is 28.0. The first-order valence-corrected chi connectivity index (χ1v) is 6.32. The van der Waals surface area contributed by atoms with Gasteiger partial charge in [-0.3, -0.25) is 14.2 Å². The van der Waals surface area contributed by atoms with Crippen LogP contribution >= 0.6 is 11.6 Å². The molecular weight excluding hydrogens is 276 g/mol. The van der Waals surface area contributed by atoms with E-state index >= 15 is 0 Å². The van der Waals surface area contributed by atoms with E-state index in [9.17, 15) is 9.59 Å². The van der Waals surface area contributed by atoms with E-state index in [4.69, 9.17) is 11.6 Å². The molecule has 0 radical (unpaired) electrons. The summed E-state index contributed by atoms with van der Waals surface area (Å²) >= 11 is 6.11. The lowest BCUT2D eigenvalue weighted by Gasteiger charge is -2.11. The molecule has 0 saturated carbocycles. The zero-order valence-electron chi connectivity index (χ0n) is 10.3. The monoisotopic (exact) mass is 284 g/mol. The molecule has 3 aromatic rings. The lowest BCUT2D eigenvalue weighted by Crippen LogP contribution is -2.23. The van der Waals surface area contributed by atoms with Gasteiger partial charge in [0, 0.05) is 0 Å². The van der Waals surface area contributed by atoms with Crippen LogP contribution in [0.4, 0.5) is 0 Å². The van der Waals surface area contributed by atoms with Gasteiger partial charge in [-0.1, -0.05) is 35.9 Å². The van der Waals surface area contributed by atoms with Gasteiger partial charge in [-0.2, -0.15) is 0 Å². The number of hydrogen-bond donors (Lipinski definition) is 0. The normalized spacial score (nSPS) is 10.7. The molecule has 0 aliphatic heterocycles. The molecule has 4 nitrogen and oxygen atoms in total. The Morgan fingerprint density at radius 1 is 1.05 bits per heavy atom. The minimum Gasteiger partial charge on any atom is -0.294 e. The summed E-state index contributed by atoms with van der Waals surface area (Å²) in [5.74, 6) is 0.0294. The van der Waals surface area contributed by atoms with Crippen molar-refractivity contribution in [2.75, 3.05) is 0 Å². The highest BCUT2D eigenvalue weighted by molar-refractivity contribution is 6.32. The van der Waals surface area contributed by atoms with Crippen LogP contribution in [0.1, 0.15) is 10.6 Å². The van der Waals surface area contributed by atoms with Gasteiger partial charge in [0.2, 0.25) is 0 Å². The fourth-order valence-corrected chi connectivity index (χ4v) is 2.32. The lowest BCUT2D eigenvalue weighted by molar-refractivity contribution is 0.111. The fraction of sp³-hybridized carbons (Fsp3) is 0. The average molecular weight is 285 g/mol. The number of aldehydes is 1. The Morgan fingerprint density at radius 3 is 2.50 bits per heavy atom. The number of fused-ring (bicyclic) bond motifs is 1. The molecule has 3 rings (SSSR count). The predicted octanol–water partition coefficient (Wildman–Crippen LogP) is 2.85. The predicted molar refractivity (Wildman–Crippen MR) is 77.7 cm³/mol. The second-order valence-electron chi connectivity index (χ2n) is 4.20. The number of carbonyl (C=O) groups is 1. The lowest BCUT2D eigenvalue weighted by atomic mass is 10.2. The van der Waals surface area contributed by atoms with Gasteiger partial charge in [-0.25, -0.2) is 4.98 Å². The van der Waals surface area contributed by atoms with Crippen molar-refractivity contribution in [3.05, 3.63) is 69.7 Å². The molecule has 5 heteroatoms. The molecular formula is C15H9ClN2O2. The number of carbonyl (C=O) groups excluding carboxylic acids is 1. The van der Waals surface area contributed by atoms with E-state index in [1.807, 2.05) is 0 Å². The third-order valence-corrected chi connectivity index (χ3v) is 3.32. The number of rotatable bonds is 2. The average Bonchev–Trinajstić information content (AvgIpc) is 2.48. The minimum absolute atomic E-state index is 0.0294. The van der Waals surface area contributed by atoms with Crippen LogP contribution < -0.4 is 5.56 Å². The maximum Gasteiger partial charge on any atom is 0.266 e. The molecule has 0 amide bonds. The largest absolute Gasteiger partial charge is 0.294 e. The molecule has 0 spiro atoms. The number of para-hydroxylation sites is 2. The molecule has 2 aromatic carbocycles. The number of hydrogen-bond acceptors (Lipinski definition) is 3. The zero-order chi connectivity index (χ0) is 14.1. The van der Waals surface area contributed by atoms with E-state index < -0.39 is 0 Å². The molecule has 0 bridgehead atoms. The van der Waals surface area contributed by atoms with Gasteiger partial charge in [0.25, 0.3) is 5.56 Å². The highest BCUT2D eigenvalue weighted by atomic mass is 35.5. The van der Waals surface area contributed by atoms with E-state index in [1.165, 1.54) is 4.57 Å². The molecule has 0 aliphatic rings. The molecule has 0 aliphatic carbocycles. The van der Waals surface area contributed by atoms with E-state index in [0.717, 1.165) is 0 Å². The van der Waals surface area contributed by atoms with Gasteiger partial charge in [0.15, 0.2) is 12.1 Å². The second-order valence-corrected chi connectivity index (χ2v) is 4.60. The van der Waals surface area contributed by atoms with Crippen molar-refractivity contribution in [2.24, 2.45) is 0 Å². The van der Waals surface area contributed by atoms with Crippen LogP contribution in [0, 0.1) is 0 Å². The van der Waals surface area contributed by atoms with Crippen molar-refractivity contribution in [1.82, 2.24) is 9.55 Å². The summed E-state index contributed by atoms with van der Waals surface area (Å²) in [5.41, 5.74) is 0.619. The van der Waals surface area contributed by atoms with Crippen molar-refractivity contribution < 1.29 is 4.79 Å². The Balaban J connectivity index is 2.47. The first-order chi connectivity index (χ1) is 9.72. The van der Waals surface area contributed by atoms with Crippen LogP contribution in [0.3, 0.4) is 0 Å². The molecule has 0 atom stereocenters. The summed E-state index contributed by atoms with van der Waals surface area (Å²) in [6, 6.07) is 13.7. The molecule has 0 saturated heterocycles. The van der Waals surface area contributed by atoms with Gasteiger partial charge >= 0.3 is 0 Å². The molecule has 20 heavy (non-hydrogen) atoms. The Hall–Kier alpha value is -2.46. The molecule has 1 heterocycles. The number of aromatic nitrogens is 2. The van der Waals surface area contributed by atoms with Gasteiger partial charge in [0.05, 0.1) is 21.6 Å². The van der Waals surface area contributed by atoms with Crippen molar-refractivity contribution in [3.63, 3.8) is 0 Å². The van der Waals surface area contributed by atoms with Gasteiger partial charge in [0.1, 0.15) is 0 Å². The Morgan fingerprint density at radius 2 is 1.75 bits per heavy atom. The third-order valence-electron chi connectivity index (χ3n) is 3.00. The van der Waals surface area contributed by atoms with Gasteiger partial charge < -0.3 is 0 Å². The minimum atomic E-state index is -0.314. The molecule has 1 aromatic heterocycles. The topological polar surface area (TPSA) is 52.0 Å². The maximum atomic E-state index is 12.6. The Labute approximate surface area is 119 Å². The van der Waals surface area contributed by atoms with Crippen LogP contribution in [-0.4, -0.2) is 15.8 Å². The quantitative estimate of drug-likeness (QED) is 0.680. The Kier molecular flexibility index (Phi) is 3.08. The number of benzene rings is 2. The van der Waals surface area contributed by atoms with Crippen molar-refractivity contribution >= 4 is 28.8 Å². The van der Waals surface area contributed by atoms with Gasteiger partial charge in [-0.05, 0) is 24.3 Å². The zero-order valence-corrected chi connectivity index (χ0v) is 11.0. The van der Waals surface area contributed by atoms with E-state index in [0.29, 0.717) is 27.9 Å². The van der Waals surface area contributed by atoms with E-state index in [-0.39, 0.29) is 11.4 Å². The summed E-state index contributed by atoms with van der Waals surface area (Å²) in [5, 5.41) is 0.827.